The molecule has 0 atom stereocenters. The van der Waals surface area contributed by atoms with E-state index in [1.54, 1.807) is 13.4 Å². The molecule has 4 rings (SSSR count). The molecule has 4 aromatic rings. The first-order chi connectivity index (χ1) is 13.6. The van der Waals surface area contributed by atoms with Crippen molar-refractivity contribution >= 4 is 33.8 Å². The van der Waals surface area contributed by atoms with Crippen LogP contribution < -0.4 is 16.0 Å². The molecule has 0 fully saturated rings. The zero-order chi connectivity index (χ0) is 19.7. The van der Waals surface area contributed by atoms with Crippen LogP contribution in [0.1, 0.15) is 5.56 Å². The first-order valence-corrected chi connectivity index (χ1v) is 9.13. The van der Waals surface area contributed by atoms with Crippen LogP contribution in [0.2, 0.25) is 0 Å². The first kappa shape index (κ1) is 18.0. The Balaban J connectivity index is 1.65. The molecule has 0 saturated heterocycles. The lowest BCUT2D eigenvalue weighted by Crippen LogP contribution is -2.31. The van der Waals surface area contributed by atoms with Crippen LogP contribution in [0.25, 0.3) is 33.3 Å². The maximum atomic E-state index is 11.6. The number of anilines is 1. The number of carbonyl (C=O) groups excluding carboxylic acids is 1. The van der Waals surface area contributed by atoms with E-state index in [9.17, 15) is 4.79 Å². The molecule has 8 nitrogen and oxygen atoms in total. The number of fused-ring (bicyclic) bond motifs is 3. The fraction of sp³-hybridized carbons (Fsp3) is 0.250. The van der Waals surface area contributed by atoms with Gasteiger partial charge in [0.15, 0.2) is 5.82 Å². The van der Waals surface area contributed by atoms with E-state index in [1.165, 1.54) is 0 Å². The molecule has 28 heavy (non-hydrogen) atoms. The molecular weight excluding hydrogens is 354 g/mol. The fourth-order valence-electron chi connectivity index (χ4n) is 3.35. The number of likely N-dealkylation sites (N-methyl/N-ethyl adjacent to an activating group) is 1. The maximum Gasteiger partial charge on any atom is 0.234 e. The third-order valence-electron chi connectivity index (χ3n) is 4.77. The Morgan fingerprint density at radius 2 is 2.00 bits per heavy atom. The van der Waals surface area contributed by atoms with Gasteiger partial charge >= 0.3 is 0 Å². The van der Waals surface area contributed by atoms with E-state index in [1.807, 2.05) is 42.9 Å². The van der Waals surface area contributed by atoms with Crippen LogP contribution in [0.5, 0.6) is 0 Å². The van der Waals surface area contributed by atoms with Crippen molar-refractivity contribution in [1.29, 1.82) is 0 Å². The lowest BCUT2D eigenvalue weighted by molar-refractivity contribution is -0.120. The summed E-state index contributed by atoms with van der Waals surface area (Å²) in [5.74, 6) is 0.734. The molecule has 0 radical (unpaired) electrons. The van der Waals surface area contributed by atoms with Gasteiger partial charge in [-0.3, -0.25) is 4.79 Å². The lowest BCUT2D eigenvalue weighted by Gasteiger charge is -2.05. The summed E-state index contributed by atoms with van der Waals surface area (Å²) in [6.07, 6.45) is 1.80. The molecule has 144 valence electrons. The van der Waals surface area contributed by atoms with Gasteiger partial charge in [-0.1, -0.05) is 24.3 Å². The van der Waals surface area contributed by atoms with Gasteiger partial charge in [0.05, 0.1) is 18.4 Å². The number of aromatic nitrogens is 4. The quantitative estimate of drug-likeness (QED) is 0.412. The summed E-state index contributed by atoms with van der Waals surface area (Å²) >= 11 is 0. The van der Waals surface area contributed by atoms with E-state index in [4.69, 9.17) is 0 Å². The Morgan fingerprint density at radius 3 is 2.71 bits per heavy atom. The molecule has 3 heterocycles. The van der Waals surface area contributed by atoms with Crippen molar-refractivity contribution in [2.24, 2.45) is 7.05 Å². The Labute approximate surface area is 162 Å². The van der Waals surface area contributed by atoms with E-state index in [2.05, 4.69) is 37.0 Å². The monoisotopic (exact) mass is 377 g/mol. The maximum absolute atomic E-state index is 11.6. The SMILES string of the molecule is CNCC(=O)NCc1ccc(-c2cc3c(nc(NC)c4ncn(C)c43)[nH]2)cc1. The summed E-state index contributed by atoms with van der Waals surface area (Å²) in [6.45, 7) is 0.827. The van der Waals surface area contributed by atoms with E-state index < -0.39 is 0 Å². The second-order valence-corrected chi connectivity index (χ2v) is 6.71. The van der Waals surface area contributed by atoms with Crippen molar-refractivity contribution in [2.45, 2.75) is 6.54 Å². The number of carbonyl (C=O) groups is 1. The fourth-order valence-corrected chi connectivity index (χ4v) is 3.35. The van der Waals surface area contributed by atoms with Gasteiger partial charge in [-0.25, -0.2) is 9.97 Å². The van der Waals surface area contributed by atoms with Crippen LogP contribution in [0.3, 0.4) is 0 Å². The number of aromatic amines is 1. The third kappa shape index (κ3) is 3.18. The summed E-state index contributed by atoms with van der Waals surface area (Å²) in [4.78, 5) is 24.1. The third-order valence-corrected chi connectivity index (χ3v) is 4.77. The molecule has 0 bridgehead atoms. The summed E-state index contributed by atoms with van der Waals surface area (Å²) in [5, 5.41) is 9.87. The summed E-state index contributed by atoms with van der Waals surface area (Å²) in [7, 11) is 5.58. The molecule has 0 aliphatic heterocycles. The number of rotatable bonds is 6. The van der Waals surface area contributed by atoms with Gasteiger partial charge in [0, 0.05) is 31.7 Å². The molecule has 0 aliphatic carbocycles. The van der Waals surface area contributed by atoms with Crippen molar-refractivity contribution < 1.29 is 4.79 Å². The Hall–Kier alpha value is -3.39. The highest BCUT2D eigenvalue weighted by Gasteiger charge is 2.15. The normalized spacial score (nSPS) is 11.2. The Morgan fingerprint density at radius 1 is 1.21 bits per heavy atom. The van der Waals surface area contributed by atoms with Gasteiger partial charge in [-0.15, -0.1) is 0 Å². The molecule has 4 N–H and O–H groups in total. The van der Waals surface area contributed by atoms with E-state index in [-0.39, 0.29) is 5.91 Å². The molecule has 0 saturated carbocycles. The van der Waals surface area contributed by atoms with Crippen LogP contribution in [0.15, 0.2) is 36.7 Å². The smallest absolute Gasteiger partial charge is 0.234 e. The minimum atomic E-state index is -0.0196. The van der Waals surface area contributed by atoms with Gasteiger partial charge in [-0.05, 0) is 24.2 Å². The van der Waals surface area contributed by atoms with Crippen LogP contribution in [-0.4, -0.2) is 46.1 Å². The number of hydrogen-bond donors (Lipinski definition) is 4. The highest BCUT2D eigenvalue weighted by molar-refractivity contribution is 6.07. The van der Waals surface area contributed by atoms with Gasteiger partial charge in [-0.2, -0.15) is 0 Å². The summed E-state index contributed by atoms with van der Waals surface area (Å²) in [6, 6.07) is 10.2. The molecule has 1 aromatic carbocycles. The zero-order valence-corrected chi connectivity index (χ0v) is 16.1. The average molecular weight is 377 g/mol. The number of aryl methyl sites for hydroxylation is 1. The van der Waals surface area contributed by atoms with Crippen molar-refractivity contribution in [3.63, 3.8) is 0 Å². The molecular formula is C20H23N7O. The van der Waals surface area contributed by atoms with Crippen LogP contribution in [0.4, 0.5) is 5.82 Å². The average Bonchev–Trinajstić information content (AvgIpc) is 3.30. The molecule has 0 unspecified atom stereocenters. The van der Waals surface area contributed by atoms with Crippen molar-refractivity contribution in [1.82, 2.24) is 30.2 Å². The summed E-state index contributed by atoms with van der Waals surface area (Å²) < 4.78 is 2.01. The highest BCUT2D eigenvalue weighted by Crippen LogP contribution is 2.31. The van der Waals surface area contributed by atoms with Gasteiger partial charge in [0.1, 0.15) is 11.2 Å². The number of amides is 1. The minimum Gasteiger partial charge on any atom is -0.371 e. The van der Waals surface area contributed by atoms with Crippen molar-refractivity contribution in [2.75, 3.05) is 26.0 Å². The van der Waals surface area contributed by atoms with Crippen LogP contribution in [-0.2, 0) is 18.4 Å². The number of pyridine rings is 1. The van der Waals surface area contributed by atoms with Gasteiger partial charge < -0.3 is 25.5 Å². The number of H-pyrrole nitrogens is 1. The number of imidazole rings is 1. The van der Waals surface area contributed by atoms with Crippen LogP contribution in [0, 0.1) is 0 Å². The molecule has 0 aliphatic rings. The van der Waals surface area contributed by atoms with E-state index >= 15 is 0 Å². The number of benzene rings is 1. The second-order valence-electron chi connectivity index (χ2n) is 6.71. The number of hydrogen-bond acceptors (Lipinski definition) is 5. The molecule has 0 spiro atoms. The van der Waals surface area contributed by atoms with Gasteiger partial charge in [0.2, 0.25) is 5.91 Å². The molecule has 8 heteroatoms. The topological polar surface area (TPSA) is 99.7 Å². The zero-order valence-electron chi connectivity index (χ0n) is 16.1. The predicted molar refractivity (Wildman–Crippen MR) is 111 cm³/mol. The Bertz CT molecular complexity index is 1140. The van der Waals surface area contributed by atoms with E-state index in [0.29, 0.717) is 13.1 Å². The van der Waals surface area contributed by atoms with Crippen molar-refractivity contribution in [3.8, 4) is 11.3 Å². The van der Waals surface area contributed by atoms with Crippen molar-refractivity contribution in [3.05, 3.63) is 42.2 Å². The first-order valence-electron chi connectivity index (χ1n) is 9.13. The molecule has 1 amide bonds. The predicted octanol–water partition coefficient (Wildman–Crippen LogP) is 1.99. The highest BCUT2D eigenvalue weighted by atomic mass is 16.1. The second kappa shape index (κ2) is 7.32. The summed E-state index contributed by atoms with van der Waals surface area (Å²) in [5.41, 5.74) is 5.82. The minimum absolute atomic E-state index is 0.0196. The van der Waals surface area contributed by atoms with E-state index in [0.717, 1.165) is 44.7 Å². The largest absolute Gasteiger partial charge is 0.371 e. The van der Waals surface area contributed by atoms with Crippen LogP contribution >= 0.6 is 0 Å². The lowest BCUT2D eigenvalue weighted by atomic mass is 10.1. The molecule has 3 aromatic heterocycles. The van der Waals surface area contributed by atoms with Gasteiger partial charge in [0.25, 0.3) is 0 Å². The number of nitrogens with zero attached hydrogens (tertiary/aromatic N) is 3. The Kier molecular flexibility index (Phi) is 4.70. The number of nitrogens with one attached hydrogen (secondary N) is 4. The standard InChI is InChI=1S/C20H23N7O/c1-21-10-16(28)23-9-12-4-6-13(7-5-12)15-8-14-18-17(24-11-27(18)3)20(22-2)26-19(14)25-15/h4-8,11,21H,9-10H2,1-3H3,(H,23,28)(H2,22,25,26).